The van der Waals surface area contributed by atoms with Gasteiger partial charge in [0, 0.05) is 25.1 Å². The van der Waals surface area contributed by atoms with Gasteiger partial charge in [-0.15, -0.1) is 0 Å². The standard InChI is InChI=1S/C9H16N2O2/c10-8(12)7-4-11-5-9(7)2-1-3-13-6-9/h7,11H,1-6H2,(H2,10,12). The van der Waals surface area contributed by atoms with Gasteiger partial charge in [0.2, 0.25) is 5.91 Å². The average molecular weight is 184 g/mol. The number of ether oxygens (including phenoxy) is 1. The van der Waals surface area contributed by atoms with Crippen molar-refractivity contribution in [2.75, 3.05) is 26.3 Å². The molecular weight excluding hydrogens is 168 g/mol. The molecule has 0 aromatic rings. The normalized spacial score (nSPS) is 39.5. The second kappa shape index (κ2) is 3.27. The van der Waals surface area contributed by atoms with E-state index >= 15 is 0 Å². The van der Waals surface area contributed by atoms with Gasteiger partial charge < -0.3 is 15.8 Å². The maximum atomic E-state index is 11.2. The van der Waals surface area contributed by atoms with Gasteiger partial charge in [-0.2, -0.15) is 0 Å². The maximum absolute atomic E-state index is 11.2. The van der Waals surface area contributed by atoms with E-state index in [4.69, 9.17) is 10.5 Å². The molecule has 0 aromatic heterocycles. The Morgan fingerprint density at radius 3 is 3.08 bits per heavy atom. The topological polar surface area (TPSA) is 64.4 Å². The van der Waals surface area contributed by atoms with Crippen molar-refractivity contribution in [2.45, 2.75) is 12.8 Å². The van der Waals surface area contributed by atoms with Crippen LogP contribution in [0, 0.1) is 11.3 Å². The first-order chi connectivity index (χ1) is 6.25. The minimum Gasteiger partial charge on any atom is -0.381 e. The number of carbonyl (C=O) groups is 1. The number of nitrogens with one attached hydrogen (secondary N) is 1. The summed E-state index contributed by atoms with van der Waals surface area (Å²) in [5, 5.41) is 3.23. The van der Waals surface area contributed by atoms with E-state index in [0.717, 1.165) is 32.5 Å². The largest absolute Gasteiger partial charge is 0.381 e. The second-order valence-electron chi connectivity index (χ2n) is 4.10. The highest BCUT2D eigenvalue weighted by atomic mass is 16.5. The lowest BCUT2D eigenvalue weighted by atomic mass is 9.74. The van der Waals surface area contributed by atoms with Crippen molar-refractivity contribution in [2.24, 2.45) is 17.1 Å². The molecular formula is C9H16N2O2. The predicted octanol–water partition coefficient (Wildman–Crippen LogP) is -0.512. The van der Waals surface area contributed by atoms with E-state index < -0.39 is 0 Å². The van der Waals surface area contributed by atoms with Crippen LogP contribution in [0.4, 0.5) is 0 Å². The van der Waals surface area contributed by atoms with E-state index in [1.807, 2.05) is 0 Å². The highest BCUT2D eigenvalue weighted by Crippen LogP contribution is 2.38. The van der Waals surface area contributed by atoms with Crippen molar-refractivity contribution < 1.29 is 9.53 Å². The van der Waals surface area contributed by atoms with Gasteiger partial charge in [0.25, 0.3) is 0 Å². The van der Waals surface area contributed by atoms with Crippen molar-refractivity contribution in [3.05, 3.63) is 0 Å². The van der Waals surface area contributed by atoms with Gasteiger partial charge in [-0.05, 0) is 12.8 Å². The molecule has 0 bridgehead atoms. The molecule has 74 valence electrons. The van der Waals surface area contributed by atoms with E-state index in [9.17, 15) is 4.79 Å². The molecule has 2 aliphatic heterocycles. The lowest BCUT2D eigenvalue weighted by Crippen LogP contribution is -2.44. The number of nitrogens with two attached hydrogens (primary N) is 1. The van der Waals surface area contributed by atoms with Crippen molar-refractivity contribution in [1.82, 2.24) is 5.32 Å². The third-order valence-corrected chi connectivity index (χ3v) is 3.26. The highest BCUT2D eigenvalue weighted by molar-refractivity contribution is 5.78. The summed E-state index contributed by atoms with van der Waals surface area (Å²) in [5.74, 6) is -0.219. The Kier molecular flexibility index (Phi) is 2.26. The second-order valence-corrected chi connectivity index (χ2v) is 4.10. The van der Waals surface area contributed by atoms with E-state index in [1.54, 1.807) is 0 Å². The summed E-state index contributed by atoms with van der Waals surface area (Å²) in [5.41, 5.74) is 5.37. The van der Waals surface area contributed by atoms with Crippen LogP contribution in [0.3, 0.4) is 0 Å². The monoisotopic (exact) mass is 184 g/mol. The molecule has 1 spiro atoms. The zero-order chi connectivity index (χ0) is 9.31. The van der Waals surface area contributed by atoms with Crippen LogP contribution in [-0.2, 0) is 9.53 Å². The molecule has 2 heterocycles. The molecule has 13 heavy (non-hydrogen) atoms. The van der Waals surface area contributed by atoms with E-state index in [2.05, 4.69) is 5.32 Å². The Morgan fingerprint density at radius 1 is 1.62 bits per heavy atom. The molecule has 0 saturated carbocycles. The number of hydrogen-bond donors (Lipinski definition) is 2. The summed E-state index contributed by atoms with van der Waals surface area (Å²) in [6.45, 7) is 3.11. The lowest BCUT2D eigenvalue weighted by Gasteiger charge is -2.36. The number of primary amides is 1. The molecule has 0 aromatic carbocycles. The molecule has 2 rings (SSSR count). The quantitative estimate of drug-likeness (QED) is 0.577. The van der Waals surface area contributed by atoms with E-state index in [-0.39, 0.29) is 17.2 Å². The highest BCUT2D eigenvalue weighted by Gasteiger charge is 2.46. The van der Waals surface area contributed by atoms with Crippen molar-refractivity contribution in [3.63, 3.8) is 0 Å². The summed E-state index contributed by atoms with van der Waals surface area (Å²) in [6, 6.07) is 0. The Labute approximate surface area is 77.8 Å². The van der Waals surface area contributed by atoms with Crippen molar-refractivity contribution in [3.8, 4) is 0 Å². The van der Waals surface area contributed by atoms with Gasteiger partial charge in [0.1, 0.15) is 0 Å². The third-order valence-electron chi connectivity index (χ3n) is 3.26. The first kappa shape index (κ1) is 8.97. The SMILES string of the molecule is NC(=O)C1CNCC12CCCOC2. The fourth-order valence-electron chi connectivity index (χ4n) is 2.50. The molecule has 0 aliphatic carbocycles. The van der Waals surface area contributed by atoms with Crippen LogP contribution in [-0.4, -0.2) is 32.2 Å². The summed E-state index contributed by atoms with van der Waals surface area (Å²) in [6.07, 6.45) is 2.11. The van der Waals surface area contributed by atoms with Crippen LogP contribution in [0.5, 0.6) is 0 Å². The molecule has 2 saturated heterocycles. The maximum Gasteiger partial charge on any atom is 0.222 e. The third kappa shape index (κ3) is 1.44. The fourth-order valence-corrected chi connectivity index (χ4v) is 2.50. The Bertz CT molecular complexity index is 212. The van der Waals surface area contributed by atoms with Gasteiger partial charge in [-0.25, -0.2) is 0 Å². The summed E-state index contributed by atoms with van der Waals surface area (Å²) in [7, 11) is 0. The average Bonchev–Trinajstić information content (AvgIpc) is 2.50. The molecule has 4 nitrogen and oxygen atoms in total. The number of carbonyl (C=O) groups excluding carboxylic acids is 1. The Hall–Kier alpha value is -0.610. The lowest BCUT2D eigenvalue weighted by molar-refractivity contribution is -0.127. The van der Waals surface area contributed by atoms with E-state index in [1.165, 1.54) is 0 Å². The molecule has 1 amide bonds. The van der Waals surface area contributed by atoms with Crippen LogP contribution in [0.2, 0.25) is 0 Å². The molecule has 2 unspecified atom stereocenters. The van der Waals surface area contributed by atoms with Crippen LogP contribution in [0.15, 0.2) is 0 Å². The van der Waals surface area contributed by atoms with Gasteiger partial charge in [0.05, 0.1) is 12.5 Å². The summed E-state index contributed by atoms with van der Waals surface area (Å²) >= 11 is 0. The first-order valence-electron chi connectivity index (χ1n) is 4.82. The zero-order valence-corrected chi connectivity index (χ0v) is 7.71. The predicted molar refractivity (Wildman–Crippen MR) is 48.0 cm³/mol. The minimum atomic E-state index is -0.185. The van der Waals surface area contributed by atoms with Gasteiger partial charge >= 0.3 is 0 Å². The summed E-state index contributed by atoms with van der Waals surface area (Å²) < 4.78 is 5.44. The Morgan fingerprint density at radius 2 is 2.46 bits per heavy atom. The number of hydrogen-bond acceptors (Lipinski definition) is 3. The van der Waals surface area contributed by atoms with Gasteiger partial charge in [-0.1, -0.05) is 0 Å². The Balaban J connectivity index is 2.13. The molecule has 3 N–H and O–H groups in total. The molecule has 2 atom stereocenters. The zero-order valence-electron chi connectivity index (χ0n) is 7.71. The van der Waals surface area contributed by atoms with Crippen LogP contribution < -0.4 is 11.1 Å². The minimum absolute atomic E-state index is 0.00405. The van der Waals surface area contributed by atoms with Crippen molar-refractivity contribution >= 4 is 5.91 Å². The number of amides is 1. The smallest absolute Gasteiger partial charge is 0.222 e. The summed E-state index contributed by atoms with van der Waals surface area (Å²) in [4.78, 5) is 11.2. The van der Waals surface area contributed by atoms with Gasteiger partial charge in [-0.3, -0.25) is 4.79 Å². The first-order valence-corrected chi connectivity index (χ1v) is 4.82. The molecule has 2 aliphatic rings. The molecule has 4 heteroatoms. The van der Waals surface area contributed by atoms with Crippen molar-refractivity contribution in [1.29, 1.82) is 0 Å². The van der Waals surface area contributed by atoms with E-state index in [0.29, 0.717) is 6.61 Å². The number of rotatable bonds is 1. The fraction of sp³-hybridized carbons (Fsp3) is 0.889. The van der Waals surface area contributed by atoms with Crippen LogP contribution in [0.1, 0.15) is 12.8 Å². The molecule has 2 fully saturated rings. The molecule has 0 radical (unpaired) electrons. The van der Waals surface area contributed by atoms with Gasteiger partial charge in [0.15, 0.2) is 0 Å². The van der Waals surface area contributed by atoms with Crippen LogP contribution in [0.25, 0.3) is 0 Å². The van der Waals surface area contributed by atoms with Crippen LogP contribution >= 0.6 is 0 Å².